The molecule has 0 bridgehead atoms. The topological polar surface area (TPSA) is 68.4 Å². The Morgan fingerprint density at radius 3 is 2.67 bits per heavy atom. The summed E-state index contributed by atoms with van der Waals surface area (Å²) in [5.74, 6) is 1.10. The van der Waals surface area contributed by atoms with Gasteiger partial charge in [-0.1, -0.05) is 24.3 Å². The number of nitrogens with two attached hydrogens (primary N) is 1. The molecule has 1 unspecified atom stereocenters. The molecule has 1 atom stereocenters. The highest BCUT2D eigenvalue weighted by Crippen LogP contribution is 2.24. The van der Waals surface area contributed by atoms with Gasteiger partial charge in [-0.2, -0.15) is 0 Å². The van der Waals surface area contributed by atoms with Crippen molar-refractivity contribution in [3.05, 3.63) is 53.7 Å². The Hall–Kier alpha value is -1.91. The number of hydrogen-bond donors (Lipinski definition) is 2. The average molecular weight is 244 g/mol. The van der Waals surface area contributed by atoms with Crippen LogP contribution in [0.3, 0.4) is 0 Å². The lowest BCUT2D eigenvalue weighted by molar-refractivity contribution is 0.276. The van der Waals surface area contributed by atoms with Gasteiger partial charge in [-0.3, -0.25) is 0 Å². The van der Waals surface area contributed by atoms with Crippen molar-refractivity contribution in [2.45, 2.75) is 19.6 Å². The summed E-state index contributed by atoms with van der Waals surface area (Å²) >= 11 is 0. The van der Waals surface area contributed by atoms with Crippen LogP contribution in [-0.2, 0) is 6.61 Å². The molecule has 0 spiro atoms. The third-order valence-electron chi connectivity index (χ3n) is 2.64. The minimum Gasteiger partial charge on any atom is -0.439 e. The Morgan fingerprint density at radius 1 is 1.28 bits per heavy atom. The highest BCUT2D eigenvalue weighted by Gasteiger charge is 2.05. The number of hydrogen-bond acceptors (Lipinski definition) is 4. The van der Waals surface area contributed by atoms with Crippen LogP contribution in [0.2, 0.25) is 0 Å². The number of benzene rings is 1. The second-order valence-electron chi connectivity index (χ2n) is 4.09. The second-order valence-corrected chi connectivity index (χ2v) is 4.09. The minimum absolute atomic E-state index is 0.0451. The average Bonchev–Trinajstić information content (AvgIpc) is 2.40. The molecule has 4 heteroatoms. The summed E-state index contributed by atoms with van der Waals surface area (Å²) in [4.78, 5) is 4.19. The van der Waals surface area contributed by atoms with Crippen LogP contribution in [-0.4, -0.2) is 10.1 Å². The predicted molar refractivity (Wildman–Crippen MR) is 69.3 cm³/mol. The third kappa shape index (κ3) is 2.85. The first-order valence-electron chi connectivity index (χ1n) is 5.79. The van der Waals surface area contributed by atoms with Gasteiger partial charge in [0.1, 0.15) is 5.75 Å². The van der Waals surface area contributed by atoms with E-state index < -0.39 is 0 Å². The molecule has 0 aliphatic heterocycles. The summed E-state index contributed by atoms with van der Waals surface area (Å²) in [7, 11) is 0. The van der Waals surface area contributed by atoms with E-state index in [1.807, 2.05) is 31.2 Å². The fourth-order valence-corrected chi connectivity index (χ4v) is 1.57. The number of para-hydroxylation sites is 1. The van der Waals surface area contributed by atoms with Gasteiger partial charge in [0.15, 0.2) is 0 Å². The molecule has 1 aromatic carbocycles. The predicted octanol–water partition coefficient (Wildman–Crippen LogP) is 2.39. The van der Waals surface area contributed by atoms with E-state index in [1.165, 1.54) is 0 Å². The van der Waals surface area contributed by atoms with Gasteiger partial charge in [0.2, 0.25) is 5.88 Å². The maximum absolute atomic E-state index is 9.20. The van der Waals surface area contributed by atoms with Crippen molar-refractivity contribution >= 4 is 0 Å². The van der Waals surface area contributed by atoms with Gasteiger partial charge in [0.05, 0.1) is 6.61 Å². The zero-order valence-electron chi connectivity index (χ0n) is 10.2. The van der Waals surface area contributed by atoms with Crippen molar-refractivity contribution in [1.82, 2.24) is 4.98 Å². The van der Waals surface area contributed by atoms with Gasteiger partial charge in [-0.05, 0) is 18.6 Å². The number of ether oxygens (including phenoxy) is 1. The van der Waals surface area contributed by atoms with Crippen molar-refractivity contribution in [3.63, 3.8) is 0 Å². The number of aromatic nitrogens is 1. The molecule has 3 N–H and O–H groups in total. The van der Waals surface area contributed by atoms with Crippen molar-refractivity contribution in [3.8, 4) is 11.6 Å². The Morgan fingerprint density at radius 2 is 2.06 bits per heavy atom. The molecule has 0 radical (unpaired) electrons. The maximum atomic E-state index is 9.20. The molecule has 0 aliphatic carbocycles. The number of aliphatic hydroxyl groups is 1. The van der Waals surface area contributed by atoms with E-state index >= 15 is 0 Å². The van der Waals surface area contributed by atoms with Crippen LogP contribution in [0.5, 0.6) is 11.6 Å². The Balaban J connectivity index is 2.18. The Bertz CT molecular complexity index is 509. The summed E-state index contributed by atoms with van der Waals surface area (Å²) in [6.45, 7) is 1.84. The summed E-state index contributed by atoms with van der Waals surface area (Å²) < 4.78 is 5.62. The van der Waals surface area contributed by atoms with Crippen LogP contribution in [0.1, 0.15) is 24.1 Å². The summed E-state index contributed by atoms with van der Waals surface area (Å²) in [6, 6.07) is 10.9. The van der Waals surface area contributed by atoms with Gasteiger partial charge in [0, 0.05) is 23.9 Å². The van der Waals surface area contributed by atoms with Crippen molar-refractivity contribution in [2.24, 2.45) is 5.73 Å². The van der Waals surface area contributed by atoms with Crippen LogP contribution in [0, 0.1) is 0 Å². The molecule has 18 heavy (non-hydrogen) atoms. The summed E-state index contributed by atoms with van der Waals surface area (Å²) in [5.41, 5.74) is 7.44. The zero-order chi connectivity index (χ0) is 13.0. The van der Waals surface area contributed by atoms with Crippen LogP contribution < -0.4 is 10.5 Å². The van der Waals surface area contributed by atoms with Crippen molar-refractivity contribution in [2.75, 3.05) is 0 Å². The molecule has 2 aromatic rings. The minimum atomic E-state index is -0.0614. The molecule has 1 heterocycles. The highest BCUT2D eigenvalue weighted by molar-refractivity contribution is 5.35. The molecule has 0 amide bonds. The summed E-state index contributed by atoms with van der Waals surface area (Å²) in [5, 5.41) is 9.20. The third-order valence-corrected chi connectivity index (χ3v) is 2.64. The molecule has 94 valence electrons. The van der Waals surface area contributed by atoms with Gasteiger partial charge in [-0.15, -0.1) is 0 Å². The first-order chi connectivity index (χ1) is 8.70. The first-order valence-corrected chi connectivity index (χ1v) is 5.79. The van der Waals surface area contributed by atoms with Gasteiger partial charge in [0.25, 0.3) is 0 Å². The lowest BCUT2D eigenvalue weighted by Crippen LogP contribution is -2.05. The van der Waals surface area contributed by atoms with Crippen LogP contribution in [0.25, 0.3) is 0 Å². The lowest BCUT2D eigenvalue weighted by Gasteiger charge is -2.10. The highest BCUT2D eigenvalue weighted by atomic mass is 16.5. The van der Waals surface area contributed by atoms with E-state index in [0.29, 0.717) is 11.6 Å². The van der Waals surface area contributed by atoms with E-state index in [2.05, 4.69) is 4.98 Å². The molecule has 0 aliphatic rings. The molecule has 4 nitrogen and oxygen atoms in total. The number of aliphatic hydroxyl groups excluding tert-OH is 1. The summed E-state index contributed by atoms with van der Waals surface area (Å²) in [6.07, 6.45) is 1.70. The quantitative estimate of drug-likeness (QED) is 0.866. The first kappa shape index (κ1) is 12.5. The molecule has 1 aromatic heterocycles. The maximum Gasteiger partial charge on any atom is 0.219 e. The fraction of sp³-hybridized carbons (Fsp3) is 0.214. The second kappa shape index (κ2) is 5.62. The van der Waals surface area contributed by atoms with Gasteiger partial charge < -0.3 is 15.6 Å². The van der Waals surface area contributed by atoms with Gasteiger partial charge in [-0.25, -0.2) is 4.98 Å². The van der Waals surface area contributed by atoms with Crippen LogP contribution in [0.4, 0.5) is 0 Å². The molecule has 2 rings (SSSR count). The number of rotatable bonds is 4. The van der Waals surface area contributed by atoms with Gasteiger partial charge >= 0.3 is 0 Å². The smallest absolute Gasteiger partial charge is 0.219 e. The zero-order valence-corrected chi connectivity index (χ0v) is 10.2. The number of pyridine rings is 1. The SMILES string of the molecule is CC(N)c1ccc(Oc2ccccc2CO)nc1. The Kier molecular flexibility index (Phi) is 3.92. The monoisotopic (exact) mass is 244 g/mol. The molecular weight excluding hydrogens is 228 g/mol. The number of nitrogens with zero attached hydrogens (tertiary/aromatic N) is 1. The normalized spacial score (nSPS) is 12.2. The van der Waals surface area contributed by atoms with E-state index in [-0.39, 0.29) is 12.6 Å². The fourth-order valence-electron chi connectivity index (χ4n) is 1.57. The van der Waals surface area contributed by atoms with Crippen LogP contribution in [0.15, 0.2) is 42.6 Å². The van der Waals surface area contributed by atoms with E-state index in [4.69, 9.17) is 10.5 Å². The molecular formula is C14H16N2O2. The van der Waals surface area contributed by atoms with E-state index in [9.17, 15) is 5.11 Å². The Labute approximate surface area is 106 Å². The van der Waals surface area contributed by atoms with E-state index in [1.54, 1.807) is 18.3 Å². The van der Waals surface area contributed by atoms with Crippen molar-refractivity contribution in [1.29, 1.82) is 0 Å². The van der Waals surface area contributed by atoms with Crippen molar-refractivity contribution < 1.29 is 9.84 Å². The van der Waals surface area contributed by atoms with E-state index in [0.717, 1.165) is 11.1 Å². The lowest BCUT2D eigenvalue weighted by atomic mass is 10.2. The largest absolute Gasteiger partial charge is 0.439 e. The molecule has 0 fully saturated rings. The van der Waals surface area contributed by atoms with Crippen LogP contribution >= 0.6 is 0 Å². The molecule has 0 saturated heterocycles. The standard InChI is InChI=1S/C14H16N2O2/c1-10(15)11-6-7-14(16-8-11)18-13-5-3-2-4-12(13)9-17/h2-8,10,17H,9,15H2,1H3. The molecule has 0 saturated carbocycles.